The van der Waals surface area contributed by atoms with Gasteiger partial charge in [-0.1, -0.05) is 0 Å². The first-order valence-electron chi connectivity index (χ1n) is 7.58. The molecule has 0 atom stereocenters. The number of halogens is 1. The van der Waals surface area contributed by atoms with Gasteiger partial charge in [-0.15, -0.1) is 0 Å². The molecule has 0 amide bonds. The van der Waals surface area contributed by atoms with Crippen molar-refractivity contribution in [1.29, 1.82) is 0 Å². The fraction of sp³-hybridized carbons (Fsp3) is 0.211. The van der Waals surface area contributed by atoms with Crippen LogP contribution in [-0.2, 0) is 4.74 Å². The highest BCUT2D eigenvalue weighted by Crippen LogP contribution is 2.27. The van der Waals surface area contributed by atoms with Crippen LogP contribution in [0.1, 0.15) is 22.5 Å². The normalized spacial score (nSPS) is 15.5. The molecule has 4 nitrogen and oxygen atoms in total. The summed E-state index contributed by atoms with van der Waals surface area (Å²) >= 11 is 0. The zero-order valence-electron chi connectivity index (χ0n) is 14.1. The third-order valence-corrected chi connectivity index (χ3v) is 3.90. The number of H-pyrrole nitrogens is 1. The molecule has 1 aliphatic heterocycles. The molecule has 0 radical (unpaired) electrons. The van der Waals surface area contributed by atoms with Crippen LogP contribution in [-0.4, -0.2) is 24.9 Å². The second-order valence-electron chi connectivity index (χ2n) is 5.64. The number of methoxy groups -OCH3 is 2. The van der Waals surface area contributed by atoms with Crippen molar-refractivity contribution in [3.8, 4) is 5.75 Å². The van der Waals surface area contributed by atoms with E-state index in [1.165, 1.54) is 13.2 Å². The summed E-state index contributed by atoms with van der Waals surface area (Å²) in [6.07, 6.45) is 3.74. The Morgan fingerprint density at radius 1 is 1.12 bits per heavy atom. The molecule has 0 saturated carbocycles. The summed E-state index contributed by atoms with van der Waals surface area (Å²) in [7, 11) is 3.04. The van der Waals surface area contributed by atoms with E-state index in [0.29, 0.717) is 22.7 Å². The summed E-state index contributed by atoms with van der Waals surface area (Å²) in [5.74, 6) is 0.438. The second-order valence-corrected chi connectivity index (χ2v) is 5.64. The van der Waals surface area contributed by atoms with E-state index in [0.717, 1.165) is 17.0 Å². The average molecular weight is 326 g/mol. The Bertz CT molecular complexity index is 875. The van der Waals surface area contributed by atoms with Gasteiger partial charge in [-0.2, -0.15) is 0 Å². The van der Waals surface area contributed by atoms with Crippen LogP contribution in [0.15, 0.2) is 46.8 Å². The van der Waals surface area contributed by atoms with Gasteiger partial charge in [0.25, 0.3) is 0 Å². The Morgan fingerprint density at radius 3 is 2.50 bits per heavy atom. The van der Waals surface area contributed by atoms with Gasteiger partial charge in [-0.25, -0.2) is 9.38 Å². The molecule has 1 aromatic heterocycles. The smallest absolute Gasteiger partial charge is 0.165 e. The van der Waals surface area contributed by atoms with E-state index in [1.54, 1.807) is 25.3 Å². The van der Waals surface area contributed by atoms with Gasteiger partial charge in [-0.05, 0) is 49.8 Å². The number of nitrogens with zero attached hydrogens (tertiary/aromatic N) is 1. The van der Waals surface area contributed by atoms with E-state index in [2.05, 4.69) is 16.0 Å². The van der Waals surface area contributed by atoms with Crippen LogP contribution in [0.4, 0.5) is 4.39 Å². The van der Waals surface area contributed by atoms with Gasteiger partial charge in [0.05, 0.1) is 19.9 Å². The minimum atomic E-state index is -0.418. The topological polar surface area (TPSA) is 46.6 Å². The Labute approximate surface area is 140 Å². The minimum Gasteiger partial charge on any atom is -0.494 e. The highest BCUT2D eigenvalue weighted by Gasteiger charge is 2.18. The molecule has 2 heterocycles. The number of aromatic nitrogens is 1. The Balaban J connectivity index is 2.00. The molecule has 0 saturated heterocycles. The fourth-order valence-electron chi connectivity index (χ4n) is 2.69. The minimum absolute atomic E-state index is 0.210. The van der Waals surface area contributed by atoms with Gasteiger partial charge >= 0.3 is 0 Å². The first-order valence-corrected chi connectivity index (χ1v) is 7.58. The van der Waals surface area contributed by atoms with Crippen LogP contribution in [0.5, 0.6) is 5.75 Å². The van der Waals surface area contributed by atoms with Gasteiger partial charge in [0, 0.05) is 23.0 Å². The molecular weight excluding hydrogens is 307 g/mol. The Kier molecular flexibility index (Phi) is 4.25. The van der Waals surface area contributed by atoms with Crippen molar-refractivity contribution < 1.29 is 13.9 Å². The van der Waals surface area contributed by atoms with Gasteiger partial charge in [0.1, 0.15) is 11.5 Å². The zero-order valence-corrected chi connectivity index (χ0v) is 14.1. The SMILES string of the molecule is COC1=CC(c2ccc(OC)c(F)c2)=N/C1=C\c1[nH]c(C)cc1C. The van der Waals surface area contributed by atoms with Gasteiger partial charge < -0.3 is 14.5 Å². The lowest BCUT2D eigenvalue weighted by molar-refractivity contribution is 0.303. The number of benzene rings is 1. The molecule has 0 fully saturated rings. The number of rotatable bonds is 4. The highest BCUT2D eigenvalue weighted by molar-refractivity contribution is 6.12. The van der Waals surface area contributed by atoms with Crippen LogP contribution < -0.4 is 4.74 Å². The third kappa shape index (κ3) is 2.97. The molecular formula is C19H19FN2O2. The van der Waals surface area contributed by atoms with Crippen molar-refractivity contribution in [2.45, 2.75) is 13.8 Å². The molecule has 0 bridgehead atoms. The summed E-state index contributed by atoms with van der Waals surface area (Å²) < 4.78 is 24.3. The Hall–Kier alpha value is -2.82. The molecule has 2 aromatic rings. The molecule has 1 aromatic carbocycles. The zero-order chi connectivity index (χ0) is 17.3. The molecule has 1 aliphatic rings. The third-order valence-electron chi connectivity index (χ3n) is 3.90. The largest absolute Gasteiger partial charge is 0.494 e. The molecule has 124 valence electrons. The van der Waals surface area contributed by atoms with Crippen molar-refractivity contribution >= 4 is 11.8 Å². The first kappa shape index (κ1) is 16.1. The number of aromatic amines is 1. The van der Waals surface area contributed by atoms with E-state index in [1.807, 2.05) is 19.9 Å². The maximum atomic E-state index is 13.9. The number of aryl methyl sites for hydroxylation is 2. The fourth-order valence-corrected chi connectivity index (χ4v) is 2.69. The van der Waals surface area contributed by atoms with Crippen molar-refractivity contribution in [3.05, 3.63) is 70.1 Å². The number of ether oxygens (including phenoxy) is 2. The molecule has 0 unspecified atom stereocenters. The van der Waals surface area contributed by atoms with Gasteiger partial charge in [0.15, 0.2) is 11.6 Å². The number of aliphatic imine (C=N–C) groups is 1. The number of nitrogens with one attached hydrogen (secondary N) is 1. The number of allylic oxidation sites excluding steroid dienone is 1. The van der Waals surface area contributed by atoms with Crippen LogP contribution in [0.2, 0.25) is 0 Å². The summed E-state index contributed by atoms with van der Waals surface area (Å²) in [4.78, 5) is 7.88. The average Bonchev–Trinajstić information content (AvgIpc) is 3.10. The van der Waals surface area contributed by atoms with Crippen molar-refractivity contribution in [2.24, 2.45) is 4.99 Å². The lowest BCUT2D eigenvalue weighted by Gasteiger charge is -2.03. The monoisotopic (exact) mass is 326 g/mol. The number of hydrogen-bond acceptors (Lipinski definition) is 3. The molecule has 3 rings (SSSR count). The molecule has 1 N–H and O–H groups in total. The molecule has 5 heteroatoms. The van der Waals surface area contributed by atoms with E-state index in [-0.39, 0.29) is 5.75 Å². The van der Waals surface area contributed by atoms with Crippen LogP contribution >= 0.6 is 0 Å². The van der Waals surface area contributed by atoms with Crippen LogP contribution in [0, 0.1) is 19.7 Å². The lowest BCUT2D eigenvalue weighted by atomic mass is 10.1. The van der Waals surface area contributed by atoms with Crippen molar-refractivity contribution in [1.82, 2.24) is 4.98 Å². The van der Waals surface area contributed by atoms with Gasteiger partial charge in [0.2, 0.25) is 0 Å². The predicted octanol–water partition coefficient (Wildman–Crippen LogP) is 4.15. The quantitative estimate of drug-likeness (QED) is 0.917. The summed E-state index contributed by atoms with van der Waals surface area (Å²) in [6, 6.07) is 6.85. The maximum absolute atomic E-state index is 13.9. The van der Waals surface area contributed by atoms with E-state index < -0.39 is 5.82 Å². The molecule has 24 heavy (non-hydrogen) atoms. The van der Waals surface area contributed by atoms with Crippen molar-refractivity contribution in [3.63, 3.8) is 0 Å². The summed E-state index contributed by atoms with van der Waals surface area (Å²) in [5.41, 5.74) is 5.23. The van der Waals surface area contributed by atoms with E-state index in [9.17, 15) is 4.39 Å². The number of hydrogen-bond donors (Lipinski definition) is 1. The second kappa shape index (κ2) is 6.35. The van der Waals surface area contributed by atoms with E-state index in [4.69, 9.17) is 9.47 Å². The van der Waals surface area contributed by atoms with E-state index >= 15 is 0 Å². The highest BCUT2D eigenvalue weighted by atomic mass is 19.1. The predicted molar refractivity (Wildman–Crippen MR) is 92.8 cm³/mol. The Morgan fingerprint density at radius 2 is 1.92 bits per heavy atom. The van der Waals surface area contributed by atoms with Gasteiger partial charge in [-0.3, -0.25) is 0 Å². The summed E-state index contributed by atoms with van der Waals surface area (Å²) in [6.45, 7) is 4.04. The summed E-state index contributed by atoms with van der Waals surface area (Å²) in [5, 5.41) is 0. The molecule has 0 aliphatic carbocycles. The van der Waals surface area contributed by atoms with Crippen LogP contribution in [0.3, 0.4) is 0 Å². The standard InChI is InChI=1S/C19H19FN2O2/c1-11-7-12(2)21-15(11)9-17-19(24-4)10-16(22-17)13-5-6-18(23-3)14(20)8-13/h5-10,21H,1-4H3/b17-9-. The maximum Gasteiger partial charge on any atom is 0.165 e. The first-order chi connectivity index (χ1) is 11.5. The van der Waals surface area contributed by atoms with Crippen molar-refractivity contribution in [2.75, 3.05) is 14.2 Å². The lowest BCUT2D eigenvalue weighted by Crippen LogP contribution is -1.97. The molecule has 0 spiro atoms. The van der Waals surface area contributed by atoms with Crippen LogP contribution in [0.25, 0.3) is 6.08 Å².